The summed E-state index contributed by atoms with van der Waals surface area (Å²) < 4.78 is 15.5. The van der Waals surface area contributed by atoms with Gasteiger partial charge in [0.05, 0.1) is 33.3 Å². The molecule has 16 heteroatoms. The first kappa shape index (κ1) is 45.9. The Kier molecular flexibility index (Phi) is 11.3. The van der Waals surface area contributed by atoms with E-state index < -0.39 is 30.6 Å². The van der Waals surface area contributed by atoms with Gasteiger partial charge in [0, 0.05) is 105 Å². The molecule has 7 aliphatic rings. The average Bonchev–Trinajstić information content (AvgIpc) is 3.37. The van der Waals surface area contributed by atoms with Crippen LogP contribution in [0.5, 0.6) is 17.2 Å². The van der Waals surface area contributed by atoms with Crippen LogP contribution in [0.2, 0.25) is 10.0 Å². The minimum atomic E-state index is -1.95. The number of nitrogens with one attached hydrogen (secondary N) is 2. The standard InChI is InChI=1S/C56H46Cl2N4O10/c57-41-24-40(54(66)60-26-44(65)59-25-27-9-12-32(37(19-27)55(67)68)45-33-13-10-30(63)22-42(33)71-43-23-31(64)11-14-34(43)45)49(58)48(47(41)56(69)70)46-38-20-28-5-1-15-61-17-3-7-35(50(28)61)52(38)72-53-36-8-4-18-62-16-2-6-29(51(36)62)21-39(46)53/h9-14,19-24,55,67-68H,1-8,15-18,25-26H2,(H3-,59,60,63,64,65,66,69,70)/p+1. The highest BCUT2D eigenvalue weighted by atomic mass is 35.5. The first-order chi connectivity index (χ1) is 34.8. The zero-order valence-electron chi connectivity index (χ0n) is 38.8. The van der Waals surface area contributed by atoms with E-state index >= 15 is 0 Å². The fourth-order valence-corrected chi connectivity index (χ4v) is 12.5. The Hall–Kier alpha value is -7.23. The Morgan fingerprint density at radius 2 is 1.54 bits per heavy atom. The number of nitrogens with zero attached hydrogens (tertiary/aromatic N) is 2. The van der Waals surface area contributed by atoms with Crippen LogP contribution >= 0.6 is 23.2 Å². The van der Waals surface area contributed by atoms with Crippen LogP contribution in [-0.4, -0.2) is 70.9 Å². The molecule has 0 spiro atoms. The number of carboxylic acid groups (broad SMARTS) is 1. The molecule has 5 aromatic carbocycles. The van der Waals surface area contributed by atoms with E-state index in [2.05, 4.69) is 32.2 Å². The van der Waals surface area contributed by atoms with Crippen molar-refractivity contribution < 1.29 is 44.0 Å². The number of rotatable bonds is 9. The number of aromatic hydroxyl groups is 1. The number of carboxylic acids is 1. The largest absolute Gasteiger partial charge is 0.508 e. The highest BCUT2D eigenvalue weighted by Crippen LogP contribution is 2.51. The summed E-state index contributed by atoms with van der Waals surface area (Å²) >= 11 is 14.3. The molecule has 0 saturated heterocycles. The SMILES string of the molecule is O=C(CNC(=O)c1cc(Cl)c(C(=O)O)c(C2=c3cc4c5c(c3Oc3c2cc2c6c3CCCN6CCC2)CCC[N+]=5CCC4)c1Cl)NCc1ccc(-c2c3ccc(=O)cc-3oc3cc(O)ccc23)c(C(O)O)c1. The van der Waals surface area contributed by atoms with Gasteiger partial charge in [-0.1, -0.05) is 35.3 Å². The summed E-state index contributed by atoms with van der Waals surface area (Å²) in [5, 5.41) is 50.0. The van der Waals surface area contributed by atoms with Crippen molar-refractivity contribution in [3.8, 4) is 39.7 Å². The monoisotopic (exact) mass is 1010 g/mol. The Bertz CT molecular complexity index is 3710. The van der Waals surface area contributed by atoms with E-state index in [1.807, 2.05) is 0 Å². The third-order valence-electron chi connectivity index (χ3n) is 14.9. The third kappa shape index (κ3) is 7.58. The molecule has 0 bridgehead atoms. The molecule has 0 fully saturated rings. The fraction of sp³-hybridized carbons (Fsp3) is 0.268. The van der Waals surface area contributed by atoms with Crippen molar-refractivity contribution in [2.24, 2.45) is 0 Å². The first-order valence-corrected chi connectivity index (χ1v) is 25.0. The third-order valence-corrected chi connectivity index (χ3v) is 15.5. The Balaban J connectivity index is 0.883. The van der Waals surface area contributed by atoms with Crippen LogP contribution in [0.4, 0.5) is 5.69 Å². The van der Waals surface area contributed by atoms with Crippen LogP contribution in [0.3, 0.4) is 0 Å². The lowest BCUT2D eigenvalue weighted by atomic mass is 9.81. The molecule has 6 N–H and O–H groups in total. The normalized spacial score (nSPS) is 15.4. The van der Waals surface area contributed by atoms with Gasteiger partial charge in [-0.25, -0.2) is 9.37 Å². The summed E-state index contributed by atoms with van der Waals surface area (Å²) in [6.07, 6.45) is 5.13. The van der Waals surface area contributed by atoms with E-state index in [4.69, 9.17) is 32.4 Å². The second kappa shape index (κ2) is 17.8. The molecular formula is C56H47Cl2N4O10+. The van der Waals surface area contributed by atoms with E-state index in [0.29, 0.717) is 55.5 Å². The van der Waals surface area contributed by atoms with Crippen molar-refractivity contribution in [2.45, 2.75) is 64.2 Å². The number of hydrogen-bond donors (Lipinski definition) is 6. The van der Waals surface area contributed by atoms with E-state index in [-0.39, 0.29) is 61.4 Å². The van der Waals surface area contributed by atoms with Gasteiger partial charge in [-0.3, -0.25) is 14.4 Å². The summed E-state index contributed by atoms with van der Waals surface area (Å²) in [5.41, 5.74) is 8.72. The highest BCUT2D eigenvalue weighted by Gasteiger charge is 2.38. The summed E-state index contributed by atoms with van der Waals surface area (Å²) in [4.78, 5) is 55.9. The Morgan fingerprint density at radius 3 is 2.35 bits per heavy atom. The zero-order valence-corrected chi connectivity index (χ0v) is 40.3. The maximum Gasteiger partial charge on any atom is 0.337 e. The van der Waals surface area contributed by atoms with Crippen molar-refractivity contribution in [2.75, 3.05) is 37.6 Å². The molecule has 364 valence electrons. The lowest BCUT2D eigenvalue weighted by Gasteiger charge is -2.39. The lowest BCUT2D eigenvalue weighted by molar-refractivity contribution is -0.120. The van der Waals surface area contributed by atoms with Crippen LogP contribution in [0.25, 0.3) is 39.0 Å². The number of hydrogen-bond acceptors (Lipinski definition) is 10. The van der Waals surface area contributed by atoms with Crippen molar-refractivity contribution in [1.29, 1.82) is 0 Å². The van der Waals surface area contributed by atoms with Crippen molar-refractivity contribution in [3.05, 3.63) is 159 Å². The van der Waals surface area contributed by atoms with Gasteiger partial charge in [0.25, 0.3) is 5.91 Å². The van der Waals surface area contributed by atoms with Gasteiger partial charge < -0.3 is 45.1 Å². The molecule has 0 saturated carbocycles. The summed E-state index contributed by atoms with van der Waals surface area (Å²) in [7, 11) is 0. The number of aryl methyl sites for hydroxylation is 2. The van der Waals surface area contributed by atoms with E-state index in [9.17, 15) is 39.6 Å². The second-order valence-corrected chi connectivity index (χ2v) is 20.0. The second-order valence-electron chi connectivity index (χ2n) is 19.2. The summed E-state index contributed by atoms with van der Waals surface area (Å²) in [6.45, 7) is 3.23. The number of ether oxygens (including phenoxy) is 1. The van der Waals surface area contributed by atoms with Crippen molar-refractivity contribution in [1.82, 2.24) is 15.2 Å². The molecule has 0 atom stereocenters. The average molecular weight is 1010 g/mol. The molecule has 12 rings (SSSR count). The summed E-state index contributed by atoms with van der Waals surface area (Å²) in [5.74, 6) is -1.12. The van der Waals surface area contributed by atoms with Crippen LogP contribution in [0, 0.1) is 0 Å². The number of fused-ring (bicyclic) bond motifs is 6. The number of halogens is 2. The topological polar surface area (TPSA) is 202 Å². The van der Waals surface area contributed by atoms with Crippen molar-refractivity contribution >= 4 is 63.2 Å². The van der Waals surface area contributed by atoms with Crippen LogP contribution in [0.1, 0.15) is 97.2 Å². The minimum Gasteiger partial charge on any atom is -0.508 e. The molecule has 0 radical (unpaired) electrons. The van der Waals surface area contributed by atoms with Gasteiger partial charge in [0.1, 0.15) is 41.7 Å². The Morgan fingerprint density at radius 1 is 0.778 bits per heavy atom. The quantitative estimate of drug-likeness (QED) is 0.0508. The lowest BCUT2D eigenvalue weighted by Crippen LogP contribution is -2.45. The number of amides is 2. The maximum atomic E-state index is 14.3. The van der Waals surface area contributed by atoms with Gasteiger partial charge in [0.15, 0.2) is 11.7 Å². The van der Waals surface area contributed by atoms with Gasteiger partial charge in [0.2, 0.25) is 11.3 Å². The molecule has 72 heavy (non-hydrogen) atoms. The number of carbonyl (C=O) groups is 3. The fourth-order valence-electron chi connectivity index (χ4n) is 11.8. The van der Waals surface area contributed by atoms with Gasteiger partial charge in [-0.2, -0.15) is 0 Å². The molecule has 0 aromatic heterocycles. The summed E-state index contributed by atoms with van der Waals surface area (Å²) in [6, 6.07) is 19.2. The molecule has 2 amide bonds. The van der Waals surface area contributed by atoms with Crippen LogP contribution in [0.15, 0.2) is 82.0 Å². The predicted molar refractivity (Wildman–Crippen MR) is 271 cm³/mol. The van der Waals surface area contributed by atoms with Crippen LogP contribution in [-0.2, 0) is 37.0 Å². The van der Waals surface area contributed by atoms with E-state index in [1.54, 1.807) is 24.3 Å². The van der Waals surface area contributed by atoms with E-state index in [0.717, 1.165) is 99.8 Å². The smallest absolute Gasteiger partial charge is 0.337 e. The van der Waals surface area contributed by atoms with Gasteiger partial charge >= 0.3 is 5.97 Å². The number of phenols is 1. The predicted octanol–water partition coefficient (Wildman–Crippen LogP) is 6.74. The number of phenolic OH excluding ortho intramolecular Hbond substituents is 1. The number of benzene rings is 6. The number of aromatic carboxylic acids is 1. The molecule has 6 heterocycles. The molecule has 6 aliphatic heterocycles. The number of anilines is 1. The van der Waals surface area contributed by atoms with Gasteiger partial charge in [-0.15, -0.1) is 0 Å². The first-order valence-electron chi connectivity index (χ1n) is 24.2. The highest BCUT2D eigenvalue weighted by molar-refractivity contribution is 6.40. The molecule has 14 nitrogen and oxygen atoms in total. The minimum absolute atomic E-state index is 0.0598. The number of aliphatic hydroxyl groups excluding tert-OH is 1. The molecule has 1 aliphatic carbocycles. The molecule has 0 unspecified atom stereocenters. The van der Waals surface area contributed by atoms with Crippen LogP contribution < -0.4 is 40.9 Å². The van der Waals surface area contributed by atoms with E-state index in [1.165, 1.54) is 47.4 Å². The molecular weight excluding hydrogens is 960 g/mol. The van der Waals surface area contributed by atoms with Gasteiger partial charge in [-0.05, 0) is 104 Å². The number of aliphatic hydroxyl groups is 2. The number of carbonyl (C=O) groups excluding carboxylic acids is 2. The van der Waals surface area contributed by atoms with Crippen molar-refractivity contribution in [3.63, 3.8) is 0 Å². The molecule has 5 aromatic rings. The zero-order chi connectivity index (χ0) is 49.7. The Labute approximate surface area is 421 Å². The maximum absolute atomic E-state index is 14.3.